The molecule has 0 radical (unpaired) electrons. The van der Waals surface area contributed by atoms with Gasteiger partial charge in [0, 0.05) is 43.9 Å². The van der Waals surface area contributed by atoms with Gasteiger partial charge in [0.25, 0.3) is 0 Å². The fourth-order valence-electron chi connectivity index (χ4n) is 4.15. The van der Waals surface area contributed by atoms with Crippen LogP contribution in [0.1, 0.15) is 31.4 Å². The topological polar surface area (TPSA) is 81.8 Å². The molecule has 0 aliphatic carbocycles. The van der Waals surface area contributed by atoms with E-state index in [1.807, 2.05) is 50.2 Å². The highest BCUT2D eigenvalue weighted by molar-refractivity contribution is 5.98. The van der Waals surface area contributed by atoms with Gasteiger partial charge in [-0.1, -0.05) is 38.1 Å². The quantitative estimate of drug-likeness (QED) is 0.780. The maximum absolute atomic E-state index is 13.2. The second kappa shape index (κ2) is 8.79. The van der Waals surface area contributed by atoms with Gasteiger partial charge in [0.05, 0.1) is 0 Å². The van der Waals surface area contributed by atoms with Crippen molar-refractivity contribution in [2.45, 2.75) is 39.3 Å². The van der Waals surface area contributed by atoms with Crippen LogP contribution in [-0.2, 0) is 22.6 Å². The minimum atomic E-state index is -0.551. The summed E-state index contributed by atoms with van der Waals surface area (Å²) in [6.45, 7) is 5.71. The zero-order valence-electron chi connectivity index (χ0n) is 17.9. The van der Waals surface area contributed by atoms with Crippen molar-refractivity contribution in [1.29, 1.82) is 0 Å². The maximum Gasteiger partial charge on any atom is 0.321 e. The van der Waals surface area contributed by atoms with Crippen LogP contribution in [0.2, 0.25) is 0 Å². The molecule has 0 bridgehead atoms. The molecule has 2 aromatic rings. The number of benzene rings is 2. The number of urea groups is 1. The Hall–Kier alpha value is -3.35. The molecule has 1 fully saturated rings. The Labute approximate surface area is 182 Å². The van der Waals surface area contributed by atoms with Crippen molar-refractivity contribution < 1.29 is 14.4 Å². The van der Waals surface area contributed by atoms with Gasteiger partial charge in [0.15, 0.2) is 0 Å². The summed E-state index contributed by atoms with van der Waals surface area (Å²) >= 11 is 0. The van der Waals surface area contributed by atoms with Gasteiger partial charge >= 0.3 is 6.03 Å². The summed E-state index contributed by atoms with van der Waals surface area (Å²) < 4.78 is 0. The number of anilines is 2. The number of amides is 4. The monoisotopic (exact) mass is 420 g/mol. The summed E-state index contributed by atoms with van der Waals surface area (Å²) in [7, 11) is 0. The van der Waals surface area contributed by atoms with Gasteiger partial charge in [-0.2, -0.15) is 0 Å². The number of nitrogens with zero attached hydrogens (tertiary/aromatic N) is 2. The summed E-state index contributed by atoms with van der Waals surface area (Å²) in [6, 6.07) is 14.5. The molecule has 7 heteroatoms. The van der Waals surface area contributed by atoms with E-state index in [0.29, 0.717) is 38.2 Å². The Balaban J connectivity index is 1.51. The molecule has 1 saturated heterocycles. The van der Waals surface area contributed by atoms with Crippen molar-refractivity contribution in [2.75, 3.05) is 23.3 Å². The van der Waals surface area contributed by atoms with E-state index in [1.54, 1.807) is 21.9 Å². The van der Waals surface area contributed by atoms with Crippen LogP contribution < -0.4 is 15.5 Å². The lowest BCUT2D eigenvalue weighted by molar-refractivity contribution is -0.140. The van der Waals surface area contributed by atoms with E-state index in [4.69, 9.17) is 0 Å². The van der Waals surface area contributed by atoms with E-state index in [2.05, 4.69) is 10.6 Å². The third-order valence-electron chi connectivity index (χ3n) is 5.76. The molecular formula is C24H28N4O3. The average Bonchev–Trinajstić information content (AvgIpc) is 3.18. The third-order valence-corrected chi connectivity index (χ3v) is 5.76. The number of rotatable bonds is 5. The van der Waals surface area contributed by atoms with Crippen LogP contribution in [0.3, 0.4) is 0 Å². The highest BCUT2D eigenvalue weighted by Gasteiger charge is 2.34. The van der Waals surface area contributed by atoms with Crippen molar-refractivity contribution in [2.24, 2.45) is 5.92 Å². The standard InChI is InChI=1S/C24H28N4O3/c1-16(2)13-22(29)28-15-18-6-4-3-5-17(18)14-21(28)23(30)26-19-7-9-20(10-8-19)27-12-11-25-24(27)31/h3-10,16,21H,11-15H2,1-2H3,(H,25,31)(H,26,30). The number of carbonyl (C=O) groups excluding carboxylic acids is 3. The summed E-state index contributed by atoms with van der Waals surface area (Å²) in [5.74, 6) is 0.0297. The first kappa shape index (κ1) is 20.9. The highest BCUT2D eigenvalue weighted by Crippen LogP contribution is 2.26. The Morgan fingerprint density at radius 3 is 2.45 bits per heavy atom. The Morgan fingerprint density at radius 2 is 1.81 bits per heavy atom. The number of hydrogen-bond donors (Lipinski definition) is 2. The van der Waals surface area contributed by atoms with Crippen LogP contribution >= 0.6 is 0 Å². The SMILES string of the molecule is CC(C)CC(=O)N1Cc2ccccc2CC1C(=O)Nc1ccc(N2CCNC2=O)cc1. The summed E-state index contributed by atoms with van der Waals surface area (Å²) in [4.78, 5) is 41.3. The zero-order valence-corrected chi connectivity index (χ0v) is 17.9. The van der Waals surface area contributed by atoms with Gasteiger partial charge in [0.2, 0.25) is 11.8 Å². The molecular weight excluding hydrogens is 392 g/mol. The van der Waals surface area contributed by atoms with E-state index in [9.17, 15) is 14.4 Å². The second-order valence-electron chi connectivity index (χ2n) is 8.53. The minimum Gasteiger partial charge on any atom is -0.336 e. The van der Waals surface area contributed by atoms with Gasteiger partial charge in [-0.25, -0.2) is 4.79 Å². The summed E-state index contributed by atoms with van der Waals surface area (Å²) in [6.07, 6.45) is 0.913. The smallest absolute Gasteiger partial charge is 0.321 e. The first-order valence-corrected chi connectivity index (χ1v) is 10.7. The van der Waals surface area contributed by atoms with E-state index in [0.717, 1.165) is 16.8 Å². The lowest BCUT2D eigenvalue weighted by atomic mass is 9.92. The lowest BCUT2D eigenvalue weighted by Gasteiger charge is -2.36. The van der Waals surface area contributed by atoms with Crippen LogP contribution in [-0.4, -0.2) is 41.9 Å². The average molecular weight is 421 g/mol. The fraction of sp³-hybridized carbons (Fsp3) is 0.375. The molecule has 0 spiro atoms. The number of nitrogens with one attached hydrogen (secondary N) is 2. The van der Waals surface area contributed by atoms with E-state index in [1.165, 1.54) is 0 Å². The zero-order chi connectivity index (χ0) is 22.0. The summed E-state index contributed by atoms with van der Waals surface area (Å²) in [5, 5.41) is 5.73. The van der Waals surface area contributed by atoms with Gasteiger partial charge in [0.1, 0.15) is 6.04 Å². The van der Waals surface area contributed by atoms with Gasteiger partial charge in [-0.3, -0.25) is 14.5 Å². The first-order valence-electron chi connectivity index (χ1n) is 10.7. The van der Waals surface area contributed by atoms with Gasteiger partial charge in [-0.05, 0) is 41.3 Å². The van der Waals surface area contributed by atoms with Crippen LogP contribution in [0.4, 0.5) is 16.2 Å². The largest absolute Gasteiger partial charge is 0.336 e. The van der Waals surface area contributed by atoms with Crippen molar-refractivity contribution in [3.63, 3.8) is 0 Å². The Bertz CT molecular complexity index is 987. The van der Waals surface area contributed by atoms with E-state index in [-0.39, 0.29) is 23.8 Å². The molecule has 1 unspecified atom stereocenters. The van der Waals surface area contributed by atoms with Crippen LogP contribution in [0.15, 0.2) is 48.5 Å². The normalized spacial score (nSPS) is 18.0. The number of carbonyl (C=O) groups is 3. The molecule has 4 rings (SSSR count). The fourth-order valence-corrected chi connectivity index (χ4v) is 4.15. The van der Waals surface area contributed by atoms with Gasteiger partial charge in [-0.15, -0.1) is 0 Å². The third kappa shape index (κ3) is 4.55. The first-order chi connectivity index (χ1) is 14.9. The molecule has 1 atom stereocenters. The molecule has 4 amide bonds. The van der Waals surface area contributed by atoms with E-state index < -0.39 is 6.04 Å². The number of hydrogen-bond acceptors (Lipinski definition) is 3. The highest BCUT2D eigenvalue weighted by atomic mass is 16.2. The van der Waals surface area contributed by atoms with E-state index >= 15 is 0 Å². The molecule has 2 aliphatic heterocycles. The minimum absolute atomic E-state index is 0.0000433. The Morgan fingerprint density at radius 1 is 1.10 bits per heavy atom. The predicted molar refractivity (Wildman–Crippen MR) is 120 cm³/mol. The molecule has 2 aliphatic rings. The second-order valence-corrected chi connectivity index (χ2v) is 8.53. The number of fused-ring (bicyclic) bond motifs is 1. The van der Waals surface area contributed by atoms with Crippen molar-refractivity contribution in [1.82, 2.24) is 10.2 Å². The van der Waals surface area contributed by atoms with Crippen molar-refractivity contribution >= 4 is 29.2 Å². The molecule has 2 heterocycles. The maximum atomic E-state index is 13.2. The molecule has 31 heavy (non-hydrogen) atoms. The predicted octanol–water partition coefficient (Wildman–Crippen LogP) is 3.15. The Kier molecular flexibility index (Phi) is 5.93. The van der Waals surface area contributed by atoms with Gasteiger partial charge < -0.3 is 15.5 Å². The molecule has 0 aromatic heterocycles. The van der Waals surface area contributed by atoms with Crippen molar-refractivity contribution in [3.8, 4) is 0 Å². The molecule has 7 nitrogen and oxygen atoms in total. The summed E-state index contributed by atoms with van der Waals surface area (Å²) in [5.41, 5.74) is 3.63. The van der Waals surface area contributed by atoms with Crippen LogP contribution in [0, 0.1) is 5.92 Å². The molecule has 2 aromatic carbocycles. The van der Waals surface area contributed by atoms with Crippen LogP contribution in [0.5, 0.6) is 0 Å². The lowest BCUT2D eigenvalue weighted by Crippen LogP contribution is -2.50. The van der Waals surface area contributed by atoms with Crippen molar-refractivity contribution in [3.05, 3.63) is 59.7 Å². The molecule has 2 N–H and O–H groups in total. The molecule has 162 valence electrons. The molecule has 0 saturated carbocycles. The van der Waals surface area contributed by atoms with Crippen LogP contribution in [0.25, 0.3) is 0 Å².